The Balaban J connectivity index is 1.92. The number of phenolic OH excluding ortho intramolecular Hbond substituents is 1. The number of benzene rings is 1. The predicted octanol–water partition coefficient (Wildman–Crippen LogP) is 3.62. The van der Waals surface area contributed by atoms with Crippen LogP contribution in [0.25, 0.3) is 11.3 Å². The number of rotatable bonds is 2. The molecular weight excluding hydrogens is 214 g/mol. The zero-order valence-corrected chi connectivity index (χ0v) is 9.81. The molecular formula is C14H15NO2. The number of aromatic hydroxyl groups is 1. The number of aromatic nitrogens is 1. The molecule has 3 nitrogen and oxygen atoms in total. The third-order valence-electron chi connectivity index (χ3n) is 3.48. The van der Waals surface area contributed by atoms with E-state index in [0.29, 0.717) is 11.7 Å². The lowest BCUT2D eigenvalue weighted by Crippen LogP contribution is -2.08. The van der Waals surface area contributed by atoms with Gasteiger partial charge in [0.2, 0.25) is 0 Å². The minimum absolute atomic E-state index is 0.302. The van der Waals surface area contributed by atoms with Crippen molar-refractivity contribution in [3.8, 4) is 17.0 Å². The molecule has 0 aliphatic heterocycles. The summed E-state index contributed by atoms with van der Waals surface area (Å²) < 4.78 is 5.50. The van der Waals surface area contributed by atoms with Gasteiger partial charge in [0.05, 0.1) is 0 Å². The Hall–Kier alpha value is -1.77. The summed E-state index contributed by atoms with van der Waals surface area (Å²) in [6, 6.07) is 5.58. The Morgan fingerprint density at radius 1 is 1.35 bits per heavy atom. The van der Waals surface area contributed by atoms with Crippen LogP contribution in [0.15, 0.2) is 28.9 Å². The van der Waals surface area contributed by atoms with E-state index in [4.69, 9.17) is 4.42 Å². The Kier molecular flexibility index (Phi) is 2.39. The van der Waals surface area contributed by atoms with E-state index in [1.165, 1.54) is 19.3 Å². The predicted molar refractivity (Wildman–Crippen MR) is 64.9 cm³/mol. The fourth-order valence-corrected chi connectivity index (χ4v) is 2.03. The van der Waals surface area contributed by atoms with Crippen LogP contribution >= 0.6 is 0 Å². The SMILES string of the molecule is Cc1ccc(-c2coc(C3CCC3)n2)cc1O. The van der Waals surface area contributed by atoms with E-state index in [9.17, 15) is 5.11 Å². The summed E-state index contributed by atoms with van der Waals surface area (Å²) in [5.74, 6) is 1.64. The van der Waals surface area contributed by atoms with Crippen LogP contribution in [0.2, 0.25) is 0 Å². The van der Waals surface area contributed by atoms with Gasteiger partial charge in [-0.25, -0.2) is 4.98 Å². The van der Waals surface area contributed by atoms with E-state index in [0.717, 1.165) is 22.7 Å². The number of aryl methyl sites for hydroxylation is 1. The molecule has 1 N–H and O–H groups in total. The summed E-state index contributed by atoms with van der Waals surface area (Å²) in [6.45, 7) is 1.88. The molecule has 1 heterocycles. The lowest BCUT2D eigenvalue weighted by atomic mass is 9.85. The molecule has 0 saturated heterocycles. The third kappa shape index (κ3) is 1.82. The molecule has 0 amide bonds. The zero-order chi connectivity index (χ0) is 11.8. The molecule has 0 atom stereocenters. The van der Waals surface area contributed by atoms with Gasteiger partial charge in [0.25, 0.3) is 0 Å². The summed E-state index contributed by atoms with van der Waals surface area (Å²) in [6.07, 6.45) is 5.31. The van der Waals surface area contributed by atoms with E-state index >= 15 is 0 Å². The zero-order valence-electron chi connectivity index (χ0n) is 9.81. The van der Waals surface area contributed by atoms with Gasteiger partial charge in [-0.3, -0.25) is 0 Å². The standard InChI is InChI=1S/C14H15NO2/c1-9-5-6-11(7-13(9)16)12-8-17-14(15-12)10-3-2-4-10/h5-8,10,16H,2-4H2,1H3. The van der Waals surface area contributed by atoms with Gasteiger partial charge < -0.3 is 9.52 Å². The van der Waals surface area contributed by atoms with E-state index in [-0.39, 0.29) is 0 Å². The first-order valence-corrected chi connectivity index (χ1v) is 5.99. The van der Waals surface area contributed by atoms with Crippen molar-refractivity contribution in [1.29, 1.82) is 0 Å². The molecule has 88 valence electrons. The molecule has 17 heavy (non-hydrogen) atoms. The largest absolute Gasteiger partial charge is 0.508 e. The summed E-state index contributed by atoms with van der Waals surface area (Å²) >= 11 is 0. The number of hydrogen-bond donors (Lipinski definition) is 1. The Bertz CT molecular complexity index is 541. The molecule has 0 radical (unpaired) electrons. The molecule has 1 fully saturated rings. The van der Waals surface area contributed by atoms with Crippen molar-refractivity contribution in [2.24, 2.45) is 0 Å². The summed E-state index contributed by atoms with van der Waals surface area (Å²) in [7, 11) is 0. The molecule has 1 aromatic carbocycles. The highest BCUT2D eigenvalue weighted by atomic mass is 16.3. The number of oxazole rings is 1. The van der Waals surface area contributed by atoms with Gasteiger partial charge in [0, 0.05) is 11.5 Å². The van der Waals surface area contributed by atoms with E-state index in [1.54, 1.807) is 12.3 Å². The number of hydrogen-bond acceptors (Lipinski definition) is 3. The first-order chi connectivity index (χ1) is 8.24. The molecule has 1 aromatic heterocycles. The van der Waals surface area contributed by atoms with Gasteiger partial charge in [-0.15, -0.1) is 0 Å². The average Bonchev–Trinajstić information content (AvgIpc) is 2.69. The quantitative estimate of drug-likeness (QED) is 0.855. The lowest BCUT2D eigenvalue weighted by Gasteiger charge is -2.21. The van der Waals surface area contributed by atoms with Crippen molar-refractivity contribution in [2.45, 2.75) is 32.1 Å². The van der Waals surface area contributed by atoms with Crippen LogP contribution in [0.5, 0.6) is 5.75 Å². The smallest absolute Gasteiger partial charge is 0.197 e. The van der Waals surface area contributed by atoms with Crippen LogP contribution in [0.3, 0.4) is 0 Å². The van der Waals surface area contributed by atoms with Crippen LogP contribution in [0, 0.1) is 6.92 Å². The maximum absolute atomic E-state index is 9.68. The second-order valence-electron chi connectivity index (χ2n) is 4.70. The van der Waals surface area contributed by atoms with Gasteiger partial charge in [0.1, 0.15) is 17.7 Å². The van der Waals surface area contributed by atoms with Crippen LogP contribution in [0.4, 0.5) is 0 Å². The Morgan fingerprint density at radius 2 is 2.18 bits per heavy atom. The topological polar surface area (TPSA) is 46.3 Å². The van der Waals surface area contributed by atoms with E-state index in [2.05, 4.69) is 4.98 Å². The average molecular weight is 229 g/mol. The van der Waals surface area contributed by atoms with Gasteiger partial charge in [-0.1, -0.05) is 18.6 Å². The third-order valence-corrected chi connectivity index (χ3v) is 3.48. The molecule has 1 aliphatic rings. The van der Waals surface area contributed by atoms with Gasteiger partial charge in [0.15, 0.2) is 5.89 Å². The van der Waals surface area contributed by atoms with Crippen molar-refractivity contribution >= 4 is 0 Å². The second kappa shape index (κ2) is 3.91. The van der Waals surface area contributed by atoms with E-state index < -0.39 is 0 Å². The minimum atomic E-state index is 0.302. The first-order valence-electron chi connectivity index (χ1n) is 5.99. The maximum atomic E-state index is 9.68. The summed E-state index contributed by atoms with van der Waals surface area (Å²) in [4.78, 5) is 4.50. The monoisotopic (exact) mass is 229 g/mol. The Labute approximate surface area is 100 Å². The van der Waals surface area contributed by atoms with Crippen molar-refractivity contribution in [1.82, 2.24) is 4.98 Å². The van der Waals surface area contributed by atoms with Gasteiger partial charge >= 0.3 is 0 Å². The number of nitrogens with zero attached hydrogens (tertiary/aromatic N) is 1. The van der Waals surface area contributed by atoms with Crippen molar-refractivity contribution in [3.63, 3.8) is 0 Å². The van der Waals surface area contributed by atoms with Crippen LogP contribution < -0.4 is 0 Å². The van der Waals surface area contributed by atoms with Crippen molar-refractivity contribution in [2.75, 3.05) is 0 Å². The van der Waals surface area contributed by atoms with Crippen molar-refractivity contribution in [3.05, 3.63) is 35.9 Å². The molecule has 1 aliphatic carbocycles. The van der Waals surface area contributed by atoms with Crippen molar-refractivity contribution < 1.29 is 9.52 Å². The van der Waals surface area contributed by atoms with E-state index in [1.807, 2.05) is 19.1 Å². The fourth-order valence-electron chi connectivity index (χ4n) is 2.03. The number of phenols is 1. The van der Waals surface area contributed by atoms with Crippen LogP contribution in [-0.4, -0.2) is 10.1 Å². The summed E-state index contributed by atoms with van der Waals surface area (Å²) in [5, 5.41) is 9.68. The maximum Gasteiger partial charge on any atom is 0.197 e. The first kappa shape index (κ1) is 10.4. The normalized spacial score (nSPS) is 15.8. The molecule has 3 heteroatoms. The molecule has 3 rings (SSSR count). The molecule has 0 unspecified atom stereocenters. The minimum Gasteiger partial charge on any atom is -0.508 e. The van der Waals surface area contributed by atoms with Crippen LogP contribution in [0.1, 0.15) is 36.6 Å². The summed E-state index contributed by atoms with van der Waals surface area (Å²) in [5.41, 5.74) is 2.58. The lowest BCUT2D eigenvalue weighted by molar-refractivity contribution is 0.335. The second-order valence-corrected chi connectivity index (χ2v) is 4.70. The Morgan fingerprint density at radius 3 is 2.82 bits per heavy atom. The van der Waals surface area contributed by atoms with Crippen LogP contribution in [-0.2, 0) is 0 Å². The highest BCUT2D eigenvalue weighted by molar-refractivity contribution is 5.61. The molecule has 2 aromatic rings. The molecule has 0 spiro atoms. The van der Waals surface area contributed by atoms with Gasteiger partial charge in [-0.2, -0.15) is 0 Å². The van der Waals surface area contributed by atoms with Gasteiger partial charge in [-0.05, 0) is 31.4 Å². The molecule has 1 saturated carbocycles. The fraction of sp³-hybridized carbons (Fsp3) is 0.357. The molecule has 0 bridgehead atoms. The highest BCUT2D eigenvalue weighted by Crippen LogP contribution is 2.37. The highest BCUT2D eigenvalue weighted by Gasteiger charge is 2.24.